The number of nitrogens with zero attached hydrogens (tertiary/aromatic N) is 1. The number of amides is 1. The van der Waals surface area contributed by atoms with E-state index in [1.807, 2.05) is 30.3 Å². The number of anilines is 1. The number of rotatable bonds is 4. The molecule has 1 aromatic heterocycles. The highest BCUT2D eigenvalue weighted by Crippen LogP contribution is 2.17. The van der Waals surface area contributed by atoms with Crippen LogP contribution >= 0.6 is 15.9 Å². The molecule has 0 aliphatic rings. The van der Waals surface area contributed by atoms with Gasteiger partial charge in [-0.2, -0.15) is 0 Å². The van der Waals surface area contributed by atoms with Crippen LogP contribution in [0.5, 0.6) is 0 Å². The average molecular weight is 320 g/mol. The monoisotopic (exact) mass is 319 g/mol. The minimum Gasteiger partial charge on any atom is -0.372 e. The Morgan fingerprint density at radius 3 is 2.74 bits per heavy atom. The average Bonchev–Trinajstić information content (AvgIpc) is 2.46. The summed E-state index contributed by atoms with van der Waals surface area (Å²) >= 11 is 3.32. The minimum atomic E-state index is -0.151. The van der Waals surface area contributed by atoms with Gasteiger partial charge in [0.15, 0.2) is 0 Å². The van der Waals surface area contributed by atoms with Gasteiger partial charge in [-0.3, -0.25) is 4.79 Å². The highest BCUT2D eigenvalue weighted by atomic mass is 79.9. The summed E-state index contributed by atoms with van der Waals surface area (Å²) in [7, 11) is 1.74. The molecule has 2 rings (SSSR count). The standard InChI is InChI=1S/C14H14BrN3O/c1-16-13-12(7-11(15)9-17-13)14(19)18-8-10-5-3-2-4-6-10/h2-7,9H,8H2,1H3,(H,16,17)(H,18,19). The molecule has 1 amide bonds. The van der Waals surface area contributed by atoms with E-state index in [4.69, 9.17) is 0 Å². The van der Waals surface area contributed by atoms with Gasteiger partial charge >= 0.3 is 0 Å². The lowest BCUT2D eigenvalue weighted by Crippen LogP contribution is -2.24. The molecule has 0 saturated carbocycles. The van der Waals surface area contributed by atoms with Gasteiger partial charge in [-0.25, -0.2) is 4.98 Å². The Morgan fingerprint density at radius 1 is 1.32 bits per heavy atom. The largest absolute Gasteiger partial charge is 0.372 e. The first-order valence-electron chi connectivity index (χ1n) is 5.86. The maximum Gasteiger partial charge on any atom is 0.255 e. The van der Waals surface area contributed by atoms with Crippen LogP contribution in [0.3, 0.4) is 0 Å². The number of pyridine rings is 1. The molecule has 0 bridgehead atoms. The molecule has 0 unspecified atom stereocenters. The fraction of sp³-hybridized carbons (Fsp3) is 0.143. The Morgan fingerprint density at radius 2 is 2.05 bits per heavy atom. The van der Waals surface area contributed by atoms with Crippen molar-refractivity contribution in [3.8, 4) is 0 Å². The Kier molecular flexibility index (Phi) is 4.52. The minimum absolute atomic E-state index is 0.151. The van der Waals surface area contributed by atoms with Crippen molar-refractivity contribution in [1.82, 2.24) is 10.3 Å². The molecule has 0 aliphatic carbocycles. The van der Waals surface area contributed by atoms with Gasteiger partial charge in [0.2, 0.25) is 0 Å². The maximum absolute atomic E-state index is 12.1. The van der Waals surface area contributed by atoms with Crippen LogP contribution in [0.15, 0.2) is 47.1 Å². The van der Waals surface area contributed by atoms with Gasteiger partial charge < -0.3 is 10.6 Å². The van der Waals surface area contributed by atoms with E-state index in [9.17, 15) is 4.79 Å². The van der Waals surface area contributed by atoms with E-state index in [0.717, 1.165) is 10.0 Å². The summed E-state index contributed by atoms with van der Waals surface area (Å²) in [5.74, 6) is 0.413. The second-order valence-corrected chi connectivity index (χ2v) is 4.88. The first-order valence-corrected chi connectivity index (χ1v) is 6.65. The van der Waals surface area contributed by atoms with E-state index in [1.165, 1.54) is 0 Å². The Hall–Kier alpha value is -1.88. The van der Waals surface area contributed by atoms with E-state index < -0.39 is 0 Å². The fourth-order valence-corrected chi connectivity index (χ4v) is 2.02. The lowest BCUT2D eigenvalue weighted by molar-refractivity contribution is 0.0951. The molecule has 5 heteroatoms. The molecule has 1 heterocycles. The number of benzene rings is 1. The zero-order valence-corrected chi connectivity index (χ0v) is 12.1. The molecule has 2 aromatic rings. The van der Waals surface area contributed by atoms with Crippen LogP contribution in [0.25, 0.3) is 0 Å². The van der Waals surface area contributed by atoms with Crippen molar-refractivity contribution in [2.24, 2.45) is 0 Å². The highest BCUT2D eigenvalue weighted by molar-refractivity contribution is 9.10. The SMILES string of the molecule is CNc1ncc(Br)cc1C(=O)NCc1ccccc1. The summed E-state index contributed by atoms with van der Waals surface area (Å²) < 4.78 is 0.774. The Balaban J connectivity index is 2.10. The number of halogens is 1. The second-order valence-electron chi connectivity index (χ2n) is 3.97. The van der Waals surface area contributed by atoms with Gasteiger partial charge in [0, 0.05) is 24.3 Å². The lowest BCUT2D eigenvalue weighted by Gasteiger charge is -2.09. The summed E-state index contributed by atoms with van der Waals surface area (Å²) in [6.45, 7) is 0.495. The van der Waals surface area contributed by atoms with Crippen LogP contribution in [-0.2, 0) is 6.54 Å². The highest BCUT2D eigenvalue weighted by Gasteiger charge is 2.12. The van der Waals surface area contributed by atoms with Crippen molar-refractivity contribution in [2.45, 2.75) is 6.54 Å². The Labute approximate surface area is 120 Å². The molecule has 0 spiro atoms. The molecule has 4 nitrogen and oxygen atoms in total. The molecule has 0 radical (unpaired) electrons. The molecular weight excluding hydrogens is 306 g/mol. The van der Waals surface area contributed by atoms with E-state index in [0.29, 0.717) is 17.9 Å². The molecule has 0 aliphatic heterocycles. The van der Waals surface area contributed by atoms with Gasteiger partial charge in [0.05, 0.1) is 5.56 Å². The first kappa shape index (κ1) is 13.5. The summed E-state index contributed by atoms with van der Waals surface area (Å²) in [4.78, 5) is 16.3. The Bertz CT molecular complexity index is 572. The molecule has 0 fully saturated rings. The van der Waals surface area contributed by atoms with Crippen molar-refractivity contribution in [3.63, 3.8) is 0 Å². The number of hydrogen-bond donors (Lipinski definition) is 2. The third-order valence-electron chi connectivity index (χ3n) is 2.63. The number of carbonyl (C=O) groups is 1. The van der Waals surface area contributed by atoms with E-state index in [2.05, 4.69) is 31.5 Å². The van der Waals surface area contributed by atoms with Crippen molar-refractivity contribution < 1.29 is 4.79 Å². The van der Waals surface area contributed by atoms with Crippen LogP contribution in [0.4, 0.5) is 5.82 Å². The van der Waals surface area contributed by atoms with Crippen molar-refractivity contribution >= 4 is 27.7 Å². The molecule has 0 atom stereocenters. The van der Waals surface area contributed by atoms with Crippen molar-refractivity contribution in [2.75, 3.05) is 12.4 Å². The van der Waals surface area contributed by atoms with E-state index in [-0.39, 0.29) is 5.91 Å². The first-order chi connectivity index (χ1) is 9.20. The lowest BCUT2D eigenvalue weighted by atomic mass is 10.2. The maximum atomic E-state index is 12.1. The van der Waals surface area contributed by atoms with Crippen molar-refractivity contribution in [1.29, 1.82) is 0 Å². The van der Waals surface area contributed by atoms with Gasteiger partial charge in [-0.15, -0.1) is 0 Å². The normalized spacial score (nSPS) is 10.0. The zero-order chi connectivity index (χ0) is 13.7. The van der Waals surface area contributed by atoms with Crippen LogP contribution in [-0.4, -0.2) is 17.9 Å². The van der Waals surface area contributed by atoms with Crippen LogP contribution in [0.1, 0.15) is 15.9 Å². The predicted molar refractivity (Wildman–Crippen MR) is 79.1 cm³/mol. The number of aromatic nitrogens is 1. The zero-order valence-electron chi connectivity index (χ0n) is 10.5. The molecular formula is C14H14BrN3O. The van der Waals surface area contributed by atoms with Crippen LogP contribution in [0.2, 0.25) is 0 Å². The smallest absolute Gasteiger partial charge is 0.255 e. The molecule has 19 heavy (non-hydrogen) atoms. The third-order valence-corrected chi connectivity index (χ3v) is 3.07. The van der Waals surface area contributed by atoms with Crippen LogP contribution in [0, 0.1) is 0 Å². The summed E-state index contributed by atoms with van der Waals surface area (Å²) in [5.41, 5.74) is 1.58. The van der Waals surface area contributed by atoms with E-state index >= 15 is 0 Å². The second kappa shape index (κ2) is 6.33. The summed E-state index contributed by atoms with van der Waals surface area (Å²) in [6, 6.07) is 11.5. The third kappa shape index (κ3) is 3.54. The number of carbonyl (C=O) groups excluding carboxylic acids is 1. The van der Waals surface area contributed by atoms with E-state index in [1.54, 1.807) is 19.3 Å². The fourth-order valence-electron chi connectivity index (χ4n) is 1.69. The van der Waals surface area contributed by atoms with Gasteiger partial charge in [0.1, 0.15) is 5.82 Å². The molecule has 1 aromatic carbocycles. The number of nitrogens with one attached hydrogen (secondary N) is 2. The predicted octanol–water partition coefficient (Wildman–Crippen LogP) is 2.82. The number of hydrogen-bond acceptors (Lipinski definition) is 3. The summed E-state index contributed by atoms with van der Waals surface area (Å²) in [6.07, 6.45) is 1.65. The van der Waals surface area contributed by atoms with Gasteiger partial charge in [0.25, 0.3) is 5.91 Å². The molecule has 98 valence electrons. The van der Waals surface area contributed by atoms with Crippen molar-refractivity contribution in [3.05, 3.63) is 58.2 Å². The van der Waals surface area contributed by atoms with Crippen LogP contribution < -0.4 is 10.6 Å². The summed E-state index contributed by atoms with van der Waals surface area (Å²) in [5, 5.41) is 5.79. The quantitative estimate of drug-likeness (QED) is 0.911. The van der Waals surface area contributed by atoms with Gasteiger partial charge in [-0.05, 0) is 27.6 Å². The topological polar surface area (TPSA) is 54.0 Å². The molecule has 0 saturated heterocycles. The molecule has 2 N–H and O–H groups in total. The van der Waals surface area contributed by atoms with Gasteiger partial charge in [-0.1, -0.05) is 30.3 Å².